The van der Waals surface area contributed by atoms with Crippen LogP contribution in [0.15, 0.2) is 18.3 Å². The van der Waals surface area contributed by atoms with Crippen molar-refractivity contribution in [2.75, 3.05) is 52.4 Å². The minimum Gasteiger partial charge on any atom is -0.493 e. The van der Waals surface area contributed by atoms with Crippen molar-refractivity contribution in [3.63, 3.8) is 0 Å². The minimum absolute atomic E-state index is 0.641. The number of carboxylic acids is 2. The number of aromatic nitrogens is 2. The van der Waals surface area contributed by atoms with Gasteiger partial charge in [-0.15, -0.1) is 0 Å². The highest BCUT2D eigenvalue weighted by molar-refractivity contribution is 5.73. The first-order chi connectivity index (χ1) is 19.0. The number of ether oxygens (including phenoxy) is 3. The number of piperazine rings is 1. The van der Waals surface area contributed by atoms with Gasteiger partial charge in [-0.25, -0.2) is 14.6 Å². The van der Waals surface area contributed by atoms with E-state index in [-0.39, 0.29) is 0 Å². The van der Waals surface area contributed by atoms with E-state index in [1.807, 2.05) is 32.2 Å². The molecular weight excluding hydrogens is 570 g/mol. The van der Waals surface area contributed by atoms with Crippen LogP contribution in [0, 0.1) is 13.8 Å². The molecule has 2 N–H and O–H groups in total. The summed E-state index contributed by atoms with van der Waals surface area (Å²) in [5, 5.41) is 14.2. The summed E-state index contributed by atoms with van der Waals surface area (Å²) in [5.74, 6) is -2.46. The smallest absolute Gasteiger partial charge is 0.490 e. The molecule has 1 aliphatic heterocycles. The first-order valence-electron chi connectivity index (χ1n) is 11.6. The molecule has 2 heterocycles. The molecule has 1 saturated heterocycles. The van der Waals surface area contributed by atoms with E-state index in [1.165, 1.54) is 0 Å². The Bertz CT molecular complexity index is 1150. The van der Waals surface area contributed by atoms with Gasteiger partial charge >= 0.3 is 24.3 Å². The lowest BCUT2D eigenvalue weighted by molar-refractivity contribution is -0.193. The van der Waals surface area contributed by atoms with Crippen molar-refractivity contribution in [1.82, 2.24) is 14.9 Å². The van der Waals surface area contributed by atoms with Gasteiger partial charge in [0.15, 0.2) is 11.5 Å². The number of hydrogen-bond donors (Lipinski definition) is 2. The summed E-state index contributed by atoms with van der Waals surface area (Å²) in [7, 11) is 4.93. The van der Waals surface area contributed by atoms with Crippen LogP contribution >= 0.6 is 0 Å². The van der Waals surface area contributed by atoms with Crippen LogP contribution < -0.4 is 19.1 Å². The van der Waals surface area contributed by atoms with Crippen LogP contribution in [0.3, 0.4) is 0 Å². The van der Waals surface area contributed by atoms with Gasteiger partial charge in [-0.1, -0.05) is 6.07 Å². The average molecular weight is 601 g/mol. The van der Waals surface area contributed by atoms with Crippen molar-refractivity contribution in [2.24, 2.45) is 0 Å². The summed E-state index contributed by atoms with van der Waals surface area (Å²) in [6, 6.07) is 3.97. The quantitative estimate of drug-likeness (QED) is 0.470. The van der Waals surface area contributed by atoms with E-state index in [0.717, 1.165) is 61.2 Å². The normalized spacial score (nSPS) is 13.7. The molecule has 0 saturated carbocycles. The summed E-state index contributed by atoms with van der Waals surface area (Å²) in [5.41, 5.74) is 3.03. The van der Waals surface area contributed by atoms with Gasteiger partial charge in [0.1, 0.15) is 5.82 Å². The standard InChI is InChI=1S/C20H28N4O3.2C2HF3O2/c1-14-12-21-15(2)20(22-14)24-10-8-23(9-11-24)13-16-6-7-17(25-3)19(27-5)18(16)26-4;2*3-2(4,5)1(6)7/h6-7,12H,8-11,13H2,1-5H3;2*(H,6,7). The number of benzene rings is 1. The number of rotatable bonds is 6. The third kappa shape index (κ3) is 10.8. The Morgan fingerprint density at radius 1 is 0.854 bits per heavy atom. The van der Waals surface area contributed by atoms with Gasteiger partial charge in [0.05, 0.1) is 32.7 Å². The van der Waals surface area contributed by atoms with Crippen molar-refractivity contribution in [3.05, 3.63) is 35.3 Å². The van der Waals surface area contributed by atoms with E-state index in [0.29, 0.717) is 11.5 Å². The molecule has 0 aliphatic carbocycles. The number of aryl methyl sites for hydroxylation is 2. The topological polar surface area (TPSA) is 135 Å². The van der Waals surface area contributed by atoms with Gasteiger partial charge in [0, 0.05) is 44.5 Å². The van der Waals surface area contributed by atoms with Crippen molar-refractivity contribution < 1.29 is 60.4 Å². The molecule has 0 amide bonds. The number of hydrogen-bond acceptors (Lipinski definition) is 9. The fraction of sp³-hybridized carbons (Fsp3) is 0.500. The van der Waals surface area contributed by atoms with Gasteiger partial charge < -0.3 is 29.3 Å². The van der Waals surface area contributed by atoms with Crippen LogP contribution in [0.25, 0.3) is 0 Å². The second kappa shape index (κ2) is 15.1. The maximum Gasteiger partial charge on any atom is 0.490 e. The molecule has 1 aromatic heterocycles. The third-order valence-electron chi connectivity index (χ3n) is 5.39. The SMILES string of the molecule is COc1ccc(CN2CCN(c3nc(C)cnc3C)CC2)c(OC)c1OC.O=C(O)C(F)(F)F.O=C(O)C(F)(F)F. The molecule has 41 heavy (non-hydrogen) atoms. The summed E-state index contributed by atoms with van der Waals surface area (Å²) >= 11 is 0. The van der Waals surface area contributed by atoms with Crippen LogP contribution in [0.1, 0.15) is 17.0 Å². The summed E-state index contributed by atoms with van der Waals surface area (Å²) in [6.07, 6.45) is -8.35. The molecule has 230 valence electrons. The molecule has 0 atom stereocenters. The lowest BCUT2D eigenvalue weighted by Crippen LogP contribution is -2.46. The van der Waals surface area contributed by atoms with Gasteiger partial charge in [-0.2, -0.15) is 26.3 Å². The minimum atomic E-state index is -5.08. The fourth-order valence-corrected chi connectivity index (χ4v) is 3.47. The summed E-state index contributed by atoms with van der Waals surface area (Å²) in [4.78, 5) is 31.6. The molecule has 0 radical (unpaired) electrons. The predicted octanol–water partition coefficient (Wildman–Crippen LogP) is 3.71. The Hall–Kier alpha value is -4.02. The van der Waals surface area contributed by atoms with Crippen molar-refractivity contribution in [1.29, 1.82) is 0 Å². The largest absolute Gasteiger partial charge is 0.493 e. The van der Waals surface area contributed by atoms with Crippen LogP contribution in [-0.2, 0) is 16.1 Å². The zero-order chi connectivity index (χ0) is 31.5. The number of methoxy groups -OCH3 is 3. The molecule has 2 aromatic rings. The zero-order valence-corrected chi connectivity index (χ0v) is 22.8. The number of carbonyl (C=O) groups is 2. The Balaban J connectivity index is 0.000000497. The molecule has 1 aromatic carbocycles. The van der Waals surface area contributed by atoms with Crippen LogP contribution in [-0.4, -0.2) is 96.9 Å². The van der Waals surface area contributed by atoms with Crippen molar-refractivity contribution in [2.45, 2.75) is 32.7 Å². The maximum absolute atomic E-state index is 10.6. The second-order valence-electron chi connectivity index (χ2n) is 8.28. The van der Waals surface area contributed by atoms with Crippen molar-refractivity contribution >= 4 is 17.8 Å². The maximum atomic E-state index is 10.6. The van der Waals surface area contributed by atoms with Gasteiger partial charge in [0.2, 0.25) is 5.75 Å². The highest BCUT2D eigenvalue weighted by atomic mass is 19.4. The number of anilines is 1. The van der Waals surface area contributed by atoms with E-state index in [9.17, 15) is 26.3 Å². The number of halogens is 6. The van der Waals surface area contributed by atoms with Gasteiger partial charge in [-0.05, 0) is 19.9 Å². The van der Waals surface area contributed by atoms with E-state index in [4.69, 9.17) is 34.0 Å². The zero-order valence-electron chi connectivity index (χ0n) is 22.8. The monoisotopic (exact) mass is 600 g/mol. The Labute approximate surface area is 231 Å². The van der Waals surface area contributed by atoms with Crippen LogP contribution in [0.4, 0.5) is 32.2 Å². The van der Waals surface area contributed by atoms with E-state index >= 15 is 0 Å². The Kier molecular flexibility index (Phi) is 12.9. The molecule has 3 rings (SSSR count). The highest BCUT2D eigenvalue weighted by Crippen LogP contribution is 2.40. The van der Waals surface area contributed by atoms with Crippen LogP contribution in [0.5, 0.6) is 17.2 Å². The number of aliphatic carboxylic acids is 2. The van der Waals surface area contributed by atoms with Gasteiger partial charge in [-0.3, -0.25) is 9.88 Å². The van der Waals surface area contributed by atoms with Crippen molar-refractivity contribution in [3.8, 4) is 17.2 Å². The number of carboxylic acid groups (broad SMARTS) is 2. The Morgan fingerprint density at radius 2 is 1.34 bits per heavy atom. The van der Waals surface area contributed by atoms with Crippen LogP contribution in [0.2, 0.25) is 0 Å². The molecule has 1 aliphatic rings. The lowest BCUT2D eigenvalue weighted by atomic mass is 10.1. The molecule has 11 nitrogen and oxygen atoms in total. The number of alkyl halides is 6. The average Bonchev–Trinajstić information content (AvgIpc) is 2.89. The first kappa shape index (κ1) is 35.0. The molecule has 17 heteroatoms. The summed E-state index contributed by atoms with van der Waals surface area (Å²) in [6.45, 7) is 8.55. The van der Waals surface area contributed by atoms with Gasteiger partial charge in [0.25, 0.3) is 0 Å². The molecular formula is C24H30F6N4O7. The van der Waals surface area contributed by atoms with E-state index < -0.39 is 24.3 Å². The molecule has 0 unspecified atom stereocenters. The first-order valence-corrected chi connectivity index (χ1v) is 11.6. The molecule has 1 fully saturated rings. The number of nitrogens with zero attached hydrogens (tertiary/aromatic N) is 4. The third-order valence-corrected chi connectivity index (χ3v) is 5.39. The second-order valence-corrected chi connectivity index (χ2v) is 8.28. The molecule has 0 spiro atoms. The van der Waals surface area contributed by atoms with E-state index in [1.54, 1.807) is 21.3 Å². The Morgan fingerprint density at radius 3 is 1.76 bits per heavy atom. The fourth-order valence-electron chi connectivity index (χ4n) is 3.47. The predicted molar refractivity (Wildman–Crippen MR) is 132 cm³/mol. The van der Waals surface area contributed by atoms with E-state index in [2.05, 4.69) is 19.8 Å². The lowest BCUT2D eigenvalue weighted by Gasteiger charge is -2.36. The highest BCUT2D eigenvalue weighted by Gasteiger charge is 2.38. The summed E-state index contributed by atoms with van der Waals surface area (Å²) < 4.78 is 79.9. The molecule has 0 bridgehead atoms.